The molecule has 0 unspecified atom stereocenters. The number of hydrogen-bond acceptors (Lipinski definition) is 5. The van der Waals surface area contributed by atoms with E-state index in [0.29, 0.717) is 11.4 Å². The number of methoxy groups -OCH3 is 1. The second kappa shape index (κ2) is 7.95. The number of aromatic nitrogens is 2. The van der Waals surface area contributed by atoms with E-state index in [0.717, 1.165) is 23.9 Å². The van der Waals surface area contributed by atoms with Gasteiger partial charge < -0.3 is 15.4 Å². The number of anilines is 3. The van der Waals surface area contributed by atoms with Gasteiger partial charge >= 0.3 is 0 Å². The maximum atomic E-state index is 13.7. The SMILES string of the molecule is COc1ccc(C)cc1NC(=O)c1cnc(Nc2ccc(F)c(F)c2F)cn1. The van der Waals surface area contributed by atoms with Crippen molar-refractivity contribution in [2.45, 2.75) is 6.92 Å². The van der Waals surface area contributed by atoms with Crippen molar-refractivity contribution in [3.05, 3.63) is 71.4 Å². The van der Waals surface area contributed by atoms with E-state index >= 15 is 0 Å². The molecule has 1 heterocycles. The molecule has 0 aliphatic carbocycles. The second-order valence-electron chi connectivity index (χ2n) is 5.79. The maximum Gasteiger partial charge on any atom is 0.275 e. The Bertz CT molecular complexity index is 1030. The number of rotatable bonds is 5. The molecule has 3 rings (SSSR count). The van der Waals surface area contributed by atoms with Crippen LogP contribution in [0.5, 0.6) is 5.75 Å². The van der Waals surface area contributed by atoms with Crippen LogP contribution in [0.4, 0.5) is 30.4 Å². The third-order valence-electron chi connectivity index (χ3n) is 3.79. The van der Waals surface area contributed by atoms with E-state index in [1.165, 1.54) is 13.3 Å². The first-order valence-corrected chi connectivity index (χ1v) is 8.07. The number of benzene rings is 2. The van der Waals surface area contributed by atoms with Gasteiger partial charge in [-0.1, -0.05) is 6.07 Å². The quantitative estimate of drug-likeness (QED) is 0.641. The van der Waals surface area contributed by atoms with Crippen molar-refractivity contribution in [2.24, 2.45) is 0 Å². The van der Waals surface area contributed by atoms with Gasteiger partial charge in [0.25, 0.3) is 5.91 Å². The van der Waals surface area contributed by atoms with Gasteiger partial charge in [0.05, 0.1) is 30.9 Å². The number of hydrogen-bond donors (Lipinski definition) is 2. The van der Waals surface area contributed by atoms with Crippen LogP contribution < -0.4 is 15.4 Å². The van der Waals surface area contributed by atoms with Crippen LogP contribution in [0, 0.1) is 24.4 Å². The predicted molar refractivity (Wildman–Crippen MR) is 97.3 cm³/mol. The molecular weight excluding hydrogens is 373 g/mol. The molecule has 1 aromatic heterocycles. The van der Waals surface area contributed by atoms with E-state index in [1.807, 2.05) is 13.0 Å². The topological polar surface area (TPSA) is 76.1 Å². The molecule has 28 heavy (non-hydrogen) atoms. The smallest absolute Gasteiger partial charge is 0.275 e. The zero-order valence-corrected chi connectivity index (χ0v) is 14.9. The van der Waals surface area contributed by atoms with Crippen molar-refractivity contribution in [1.29, 1.82) is 0 Å². The summed E-state index contributed by atoms with van der Waals surface area (Å²) in [6, 6.07) is 7.11. The van der Waals surface area contributed by atoms with E-state index in [9.17, 15) is 18.0 Å². The molecule has 0 aliphatic heterocycles. The highest BCUT2D eigenvalue weighted by atomic mass is 19.2. The number of carbonyl (C=O) groups excluding carboxylic acids is 1. The highest BCUT2D eigenvalue weighted by Crippen LogP contribution is 2.26. The maximum absolute atomic E-state index is 13.7. The molecule has 6 nitrogen and oxygen atoms in total. The Hall–Kier alpha value is -3.62. The molecule has 2 N–H and O–H groups in total. The Kier molecular flexibility index (Phi) is 5.44. The van der Waals surface area contributed by atoms with Crippen LogP contribution in [0.15, 0.2) is 42.7 Å². The van der Waals surface area contributed by atoms with E-state index in [-0.39, 0.29) is 17.2 Å². The molecule has 0 aliphatic rings. The van der Waals surface area contributed by atoms with E-state index in [2.05, 4.69) is 20.6 Å². The monoisotopic (exact) mass is 388 g/mol. The first-order valence-electron chi connectivity index (χ1n) is 8.07. The van der Waals surface area contributed by atoms with Crippen molar-refractivity contribution in [3.63, 3.8) is 0 Å². The molecule has 0 bridgehead atoms. The zero-order chi connectivity index (χ0) is 20.3. The molecule has 9 heteroatoms. The Labute approximate surface area is 158 Å². The summed E-state index contributed by atoms with van der Waals surface area (Å²) in [5.41, 5.74) is 1.09. The largest absolute Gasteiger partial charge is 0.495 e. The summed E-state index contributed by atoms with van der Waals surface area (Å²) >= 11 is 0. The highest BCUT2D eigenvalue weighted by Gasteiger charge is 2.15. The summed E-state index contributed by atoms with van der Waals surface area (Å²) in [5, 5.41) is 5.15. The predicted octanol–water partition coefficient (Wildman–Crippen LogP) is 4.21. The van der Waals surface area contributed by atoms with Crippen LogP contribution >= 0.6 is 0 Å². The van der Waals surface area contributed by atoms with Gasteiger partial charge in [-0.3, -0.25) is 4.79 Å². The molecular formula is C19H15F3N4O2. The Morgan fingerprint density at radius 1 is 1.00 bits per heavy atom. The molecule has 2 aromatic carbocycles. The molecule has 0 spiro atoms. The van der Waals surface area contributed by atoms with Crippen LogP contribution in [0.3, 0.4) is 0 Å². The fourth-order valence-electron chi connectivity index (χ4n) is 2.38. The van der Waals surface area contributed by atoms with Gasteiger partial charge in [-0.15, -0.1) is 0 Å². The Balaban J connectivity index is 1.75. The van der Waals surface area contributed by atoms with Crippen LogP contribution in [-0.2, 0) is 0 Å². The first-order chi connectivity index (χ1) is 13.4. The van der Waals surface area contributed by atoms with Crippen molar-refractivity contribution in [2.75, 3.05) is 17.7 Å². The molecule has 0 saturated heterocycles. The molecule has 0 radical (unpaired) electrons. The van der Waals surface area contributed by atoms with Crippen LogP contribution in [0.25, 0.3) is 0 Å². The summed E-state index contributed by atoms with van der Waals surface area (Å²) in [7, 11) is 1.48. The second-order valence-corrected chi connectivity index (χ2v) is 5.79. The zero-order valence-electron chi connectivity index (χ0n) is 14.9. The lowest BCUT2D eigenvalue weighted by molar-refractivity contribution is 0.102. The van der Waals surface area contributed by atoms with Gasteiger partial charge in [-0.2, -0.15) is 0 Å². The van der Waals surface area contributed by atoms with Gasteiger partial charge in [0.15, 0.2) is 17.5 Å². The number of carbonyl (C=O) groups is 1. The Morgan fingerprint density at radius 2 is 1.79 bits per heavy atom. The minimum absolute atomic E-state index is 0.000122. The van der Waals surface area contributed by atoms with Gasteiger partial charge in [0.1, 0.15) is 17.3 Å². The number of aryl methyl sites for hydroxylation is 1. The molecule has 144 valence electrons. The van der Waals surface area contributed by atoms with Gasteiger partial charge in [0, 0.05) is 0 Å². The normalized spacial score (nSPS) is 10.5. The summed E-state index contributed by atoms with van der Waals surface area (Å²) in [5.74, 6) is -4.26. The minimum Gasteiger partial charge on any atom is -0.495 e. The molecule has 0 atom stereocenters. The Morgan fingerprint density at radius 3 is 2.46 bits per heavy atom. The molecule has 0 fully saturated rings. The van der Waals surface area contributed by atoms with Crippen LogP contribution in [-0.4, -0.2) is 23.0 Å². The summed E-state index contributed by atoms with van der Waals surface area (Å²) < 4.78 is 45.1. The number of amides is 1. The fourth-order valence-corrected chi connectivity index (χ4v) is 2.38. The highest BCUT2D eigenvalue weighted by molar-refractivity contribution is 6.03. The van der Waals surface area contributed by atoms with Crippen molar-refractivity contribution in [3.8, 4) is 5.75 Å². The number of nitrogens with zero attached hydrogens (tertiary/aromatic N) is 2. The minimum atomic E-state index is -1.60. The van der Waals surface area contributed by atoms with Gasteiger partial charge in [-0.25, -0.2) is 23.1 Å². The van der Waals surface area contributed by atoms with Crippen molar-refractivity contribution < 1.29 is 22.7 Å². The van der Waals surface area contributed by atoms with E-state index < -0.39 is 23.4 Å². The average Bonchev–Trinajstić information content (AvgIpc) is 2.69. The van der Waals surface area contributed by atoms with Crippen molar-refractivity contribution in [1.82, 2.24) is 9.97 Å². The lowest BCUT2D eigenvalue weighted by Crippen LogP contribution is -2.15. The van der Waals surface area contributed by atoms with Crippen molar-refractivity contribution >= 4 is 23.1 Å². The number of nitrogens with one attached hydrogen (secondary N) is 2. The molecule has 0 saturated carbocycles. The lowest BCUT2D eigenvalue weighted by atomic mass is 10.2. The fraction of sp³-hybridized carbons (Fsp3) is 0.105. The summed E-state index contributed by atoms with van der Waals surface area (Å²) in [6.45, 7) is 1.87. The number of halogens is 3. The third-order valence-corrected chi connectivity index (χ3v) is 3.79. The average molecular weight is 388 g/mol. The van der Waals surface area contributed by atoms with E-state index in [4.69, 9.17) is 4.74 Å². The molecule has 1 amide bonds. The molecule has 3 aromatic rings. The summed E-state index contributed by atoms with van der Waals surface area (Å²) in [4.78, 5) is 20.3. The van der Waals surface area contributed by atoms with Crippen LogP contribution in [0.2, 0.25) is 0 Å². The summed E-state index contributed by atoms with van der Waals surface area (Å²) in [6.07, 6.45) is 2.33. The standard InChI is InChI=1S/C19H15F3N4O2/c1-10-3-6-15(28-2)13(7-10)26-19(27)14-8-24-16(9-23-14)25-12-5-4-11(20)17(21)18(12)22/h3-9H,1-2H3,(H,24,25)(H,26,27). The van der Waals surface area contributed by atoms with E-state index in [1.54, 1.807) is 12.1 Å². The first kappa shape index (κ1) is 19.2. The van der Waals surface area contributed by atoms with Crippen LogP contribution in [0.1, 0.15) is 16.1 Å². The number of ether oxygens (including phenoxy) is 1. The van der Waals surface area contributed by atoms with Gasteiger partial charge in [0.2, 0.25) is 0 Å². The van der Waals surface area contributed by atoms with Gasteiger partial charge in [-0.05, 0) is 36.8 Å². The third kappa shape index (κ3) is 4.03. The lowest BCUT2D eigenvalue weighted by Gasteiger charge is -2.11.